The molecule has 142 valence electrons. The van der Waals surface area contributed by atoms with Crippen LogP contribution in [0.1, 0.15) is 64.9 Å². The third-order valence-electron chi connectivity index (χ3n) is 6.46. The van der Waals surface area contributed by atoms with E-state index < -0.39 is 10.8 Å². The first kappa shape index (κ1) is 18.7. The number of hydrogen-bond acceptors (Lipinski definition) is 3. The van der Waals surface area contributed by atoms with Gasteiger partial charge >= 0.3 is 0 Å². The summed E-state index contributed by atoms with van der Waals surface area (Å²) in [5.41, 5.74) is 3.84. The first-order valence-corrected chi connectivity index (χ1v) is 10.5. The van der Waals surface area contributed by atoms with Crippen molar-refractivity contribution < 1.29 is 9.59 Å². The number of allylic oxidation sites excluding steroid dienone is 4. The number of nitrogens with one attached hydrogen (secondary N) is 1. The largest absolute Gasteiger partial charge is 0.362 e. The van der Waals surface area contributed by atoms with Crippen LogP contribution < -0.4 is 5.32 Å². The normalized spacial score (nSPS) is 24.5. The molecular formula is C23H26BrNO2. The minimum Gasteiger partial charge on any atom is -0.362 e. The second kappa shape index (κ2) is 6.16. The van der Waals surface area contributed by atoms with Crippen molar-refractivity contribution in [2.24, 2.45) is 10.8 Å². The number of rotatable bonds is 1. The van der Waals surface area contributed by atoms with Gasteiger partial charge in [-0.25, -0.2) is 0 Å². The summed E-state index contributed by atoms with van der Waals surface area (Å²) >= 11 is 3.67. The van der Waals surface area contributed by atoms with E-state index in [1.165, 1.54) is 0 Å². The molecule has 0 saturated heterocycles. The average molecular weight is 428 g/mol. The van der Waals surface area contributed by atoms with E-state index in [0.29, 0.717) is 0 Å². The molecule has 1 aromatic carbocycles. The summed E-state index contributed by atoms with van der Waals surface area (Å²) in [5, 5.41) is 3.52. The molecule has 0 atom stereocenters. The van der Waals surface area contributed by atoms with Crippen LogP contribution in [0.15, 0.2) is 51.3 Å². The van der Waals surface area contributed by atoms with Gasteiger partial charge in [0.25, 0.3) is 0 Å². The zero-order valence-corrected chi connectivity index (χ0v) is 18.0. The molecule has 0 aromatic heterocycles. The van der Waals surface area contributed by atoms with Crippen LogP contribution in [0.2, 0.25) is 0 Å². The van der Waals surface area contributed by atoms with Crippen LogP contribution in [0.4, 0.5) is 0 Å². The lowest BCUT2D eigenvalue weighted by molar-refractivity contribution is -0.125. The molecule has 0 fully saturated rings. The minimum absolute atomic E-state index is 0.166. The van der Waals surface area contributed by atoms with Gasteiger partial charge in [-0.3, -0.25) is 9.59 Å². The van der Waals surface area contributed by atoms with Crippen LogP contribution in [-0.4, -0.2) is 11.6 Å². The first-order chi connectivity index (χ1) is 12.6. The summed E-state index contributed by atoms with van der Waals surface area (Å²) in [5.74, 6) is 0.0467. The smallest absolute Gasteiger partial charge is 0.167 e. The van der Waals surface area contributed by atoms with Crippen molar-refractivity contribution in [2.45, 2.75) is 59.3 Å². The maximum absolute atomic E-state index is 13.5. The highest BCUT2D eigenvalue weighted by Crippen LogP contribution is 2.52. The minimum atomic E-state index is -0.398. The Kier molecular flexibility index (Phi) is 4.26. The third kappa shape index (κ3) is 2.84. The van der Waals surface area contributed by atoms with Crippen LogP contribution in [0.25, 0.3) is 0 Å². The lowest BCUT2D eigenvalue weighted by Gasteiger charge is -2.44. The Morgan fingerprint density at radius 3 is 1.85 bits per heavy atom. The molecule has 1 N–H and O–H groups in total. The van der Waals surface area contributed by atoms with Gasteiger partial charge < -0.3 is 5.32 Å². The Labute approximate surface area is 169 Å². The quantitative estimate of drug-likeness (QED) is 0.650. The van der Waals surface area contributed by atoms with Gasteiger partial charge in [0, 0.05) is 43.8 Å². The Morgan fingerprint density at radius 2 is 1.37 bits per heavy atom. The van der Waals surface area contributed by atoms with Crippen molar-refractivity contribution in [3.63, 3.8) is 0 Å². The highest BCUT2D eigenvalue weighted by Gasteiger charge is 2.48. The number of ketones is 2. The van der Waals surface area contributed by atoms with E-state index in [2.05, 4.69) is 21.2 Å². The van der Waals surface area contributed by atoms with Crippen molar-refractivity contribution in [2.75, 3.05) is 0 Å². The molecule has 0 spiro atoms. The van der Waals surface area contributed by atoms with Gasteiger partial charge in [0.1, 0.15) is 0 Å². The molecule has 0 radical (unpaired) electrons. The fraction of sp³-hybridized carbons (Fsp3) is 0.478. The molecule has 4 heteroatoms. The van der Waals surface area contributed by atoms with E-state index >= 15 is 0 Å². The van der Waals surface area contributed by atoms with Crippen molar-refractivity contribution in [1.29, 1.82) is 0 Å². The highest BCUT2D eigenvalue weighted by atomic mass is 79.9. The summed E-state index contributed by atoms with van der Waals surface area (Å²) in [7, 11) is 0. The van der Waals surface area contributed by atoms with E-state index in [0.717, 1.165) is 58.3 Å². The Balaban J connectivity index is 1.96. The van der Waals surface area contributed by atoms with Crippen LogP contribution in [0, 0.1) is 10.8 Å². The summed E-state index contributed by atoms with van der Waals surface area (Å²) < 4.78 is 0.947. The maximum Gasteiger partial charge on any atom is 0.167 e. The predicted molar refractivity (Wildman–Crippen MR) is 110 cm³/mol. The number of carbonyl (C=O) groups excluding carboxylic acids is 2. The molecule has 0 bridgehead atoms. The van der Waals surface area contributed by atoms with Crippen LogP contribution in [-0.2, 0) is 9.59 Å². The van der Waals surface area contributed by atoms with Crippen molar-refractivity contribution in [3.05, 3.63) is 56.8 Å². The summed E-state index contributed by atoms with van der Waals surface area (Å²) in [4.78, 5) is 26.9. The Morgan fingerprint density at radius 1 is 0.889 bits per heavy atom. The topological polar surface area (TPSA) is 46.2 Å². The molecule has 27 heavy (non-hydrogen) atoms. The summed E-state index contributed by atoms with van der Waals surface area (Å²) in [6.07, 6.45) is 3.37. The molecule has 1 heterocycles. The standard InChI is InChI=1S/C23H26BrNO2/c1-22(2)11-9-15-18(20(22)26)17(13-7-5-6-8-14(13)24)19-16(25-15)10-12-23(3,4)21(19)27/h5-8,17,25H,9-12H2,1-4H3. The number of hydrogen-bond donors (Lipinski definition) is 1. The SMILES string of the molecule is CC1(C)CCC2=C(C1=O)C(c1ccccc1Br)C1=C(CCC(C)(C)C1=O)N2. The zero-order valence-electron chi connectivity index (χ0n) is 16.4. The maximum atomic E-state index is 13.5. The van der Waals surface area contributed by atoms with Gasteiger partial charge in [-0.2, -0.15) is 0 Å². The Hall–Kier alpha value is -1.68. The second-order valence-corrected chi connectivity index (χ2v) is 10.1. The van der Waals surface area contributed by atoms with Gasteiger partial charge in [-0.1, -0.05) is 61.8 Å². The number of Topliss-reactive ketones (excluding diaryl/α,β-unsaturated/α-hetero) is 2. The van der Waals surface area contributed by atoms with Crippen molar-refractivity contribution >= 4 is 27.5 Å². The lowest BCUT2D eigenvalue weighted by atomic mass is 9.62. The molecule has 3 nitrogen and oxygen atoms in total. The molecule has 1 aliphatic heterocycles. The molecule has 0 amide bonds. The predicted octanol–water partition coefficient (Wildman–Crippen LogP) is 5.42. The van der Waals surface area contributed by atoms with Gasteiger partial charge in [-0.15, -0.1) is 0 Å². The van der Waals surface area contributed by atoms with Crippen LogP contribution in [0.5, 0.6) is 0 Å². The number of halogens is 1. The zero-order chi connectivity index (χ0) is 19.6. The van der Waals surface area contributed by atoms with E-state index in [1.54, 1.807) is 0 Å². The first-order valence-electron chi connectivity index (χ1n) is 9.70. The monoisotopic (exact) mass is 427 g/mol. The van der Waals surface area contributed by atoms with Gasteiger partial charge in [-0.05, 0) is 37.3 Å². The average Bonchev–Trinajstić information content (AvgIpc) is 2.61. The van der Waals surface area contributed by atoms with Gasteiger partial charge in [0.05, 0.1) is 0 Å². The second-order valence-electron chi connectivity index (χ2n) is 9.29. The van der Waals surface area contributed by atoms with E-state index in [-0.39, 0.29) is 17.5 Å². The number of benzene rings is 1. The molecule has 1 aromatic rings. The third-order valence-corrected chi connectivity index (χ3v) is 7.19. The van der Waals surface area contributed by atoms with Crippen LogP contribution >= 0.6 is 15.9 Å². The fourth-order valence-corrected chi connectivity index (χ4v) is 5.11. The molecular weight excluding hydrogens is 402 g/mol. The van der Waals surface area contributed by atoms with Gasteiger partial charge in [0.2, 0.25) is 0 Å². The van der Waals surface area contributed by atoms with Crippen molar-refractivity contribution in [3.8, 4) is 0 Å². The number of carbonyl (C=O) groups is 2. The Bertz CT molecular complexity index is 868. The molecule has 0 unspecified atom stereocenters. The number of dihydropyridines is 1. The van der Waals surface area contributed by atoms with E-state index in [1.807, 2.05) is 52.0 Å². The molecule has 3 aliphatic rings. The summed E-state index contributed by atoms with van der Waals surface area (Å²) in [6, 6.07) is 7.99. The molecule has 0 saturated carbocycles. The van der Waals surface area contributed by atoms with Crippen molar-refractivity contribution in [1.82, 2.24) is 5.32 Å². The molecule has 4 rings (SSSR count). The van der Waals surface area contributed by atoms with Gasteiger partial charge in [0.15, 0.2) is 11.6 Å². The fourth-order valence-electron chi connectivity index (χ4n) is 4.59. The summed E-state index contributed by atoms with van der Waals surface area (Å²) in [6.45, 7) is 8.08. The lowest BCUT2D eigenvalue weighted by Crippen LogP contribution is -2.44. The highest BCUT2D eigenvalue weighted by molar-refractivity contribution is 9.10. The molecule has 2 aliphatic carbocycles. The van der Waals surface area contributed by atoms with Crippen LogP contribution in [0.3, 0.4) is 0 Å². The van der Waals surface area contributed by atoms with E-state index in [9.17, 15) is 9.59 Å². The van der Waals surface area contributed by atoms with E-state index in [4.69, 9.17) is 0 Å².